The Hall–Kier alpha value is -1.77. The molecular formula is C22H29Cl2N5O2S. The second-order valence-electron chi connectivity index (χ2n) is 8.52. The van der Waals surface area contributed by atoms with Crippen molar-refractivity contribution >= 4 is 46.8 Å². The van der Waals surface area contributed by atoms with E-state index in [2.05, 4.69) is 34.7 Å². The Kier molecular flexibility index (Phi) is 8.85. The van der Waals surface area contributed by atoms with Crippen LogP contribution in [0.4, 0.5) is 0 Å². The molecule has 7 nitrogen and oxygen atoms in total. The van der Waals surface area contributed by atoms with E-state index in [1.807, 2.05) is 11.6 Å². The Morgan fingerprint density at radius 1 is 1.22 bits per heavy atom. The number of benzene rings is 1. The van der Waals surface area contributed by atoms with Crippen LogP contribution in [0.1, 0.15) is 68.2 Å². The van der Waals surface area contributed by atoms with Gasteiger partial charge < -0.3 is 15.2 Å². The van der Waals surface area contributed by atoms with E-state index in [1.165, 1.54) is 24.6 Å². The van der Waals surface area contributed by atoms with Gasteiger partial charge in [0.25, 0.3) is 5.91 Å². The van der Waals surface area contributed by atoms with E-state index in [-0.39, 0.29) is 23.6 Å². The van der Waals surface area contributed by atoms with Crippen LogP contribution in [0.5, 0.6) is 0 Å². The van der Waals surface area contributed by atoms with E-state index < -0.39 is 0 Å². The van der Waals surface area contributed by atoms with E-state index in [4.69, 9.17) is 23.2 Å². The van der Waals surface area contributed by atoms with Crippen LogP contribution in [0, 0.1) is 5.92 Å². The fourth-order valence-corrected chi connectivity index (χ4v) is 5.06. The zero-order valence-corrected chi connectivity index (χ0v) is 20.9. The molecule has 2 amide bonds. The third-order valence-electron chi connectivity index (χ3n) is 5.42. The molecule has 3 rings (SSSR count). The molecule has 1 aromatic heterocycles. The Bertz CT molecular complexity index is 960. The summed E-state index contributed by atoms with van der Waals surface area (Å²) in [4.78, 5) is 25.1. The van der Waals surface area contributed by atoms with Crippen LogP contribution in [-0.4, -0.2) is 38.4 Å². The van der Waals surface area contributed by atoms with Crippen molar-refractivity contribution in [3.63, 3.8) is 0 Å². The fourth-order valence-electron chi connectivity index (χ4n) is 3.83. The lowest BCUT2D eigenvalue weighted by atomic mass is 10.0. The number of rotatable bonds is 9. The molecule has 0 bridgehead atoms. The maximum atomic E-state index is 12.9. The van der Waals surface area contributed by atoms with Gasteiger partial charge in [0.15, 0.2) is 11.0 Å². The molecule has 0 spiro atoms. The van der Waals surface area contributed by atoms with Crippen LogP contribution < -0.4 is 10.6 Å². The van der Waals surface area contributed by atoms with Gasteiger partial charge in [-0.2, -0.15) is 0 Å². The van der Waals surface area contributed by atoms with Crippen molar-refractivity contribution in [1.29, 1.82) is 0 Å². The van der Waals surface area contributed by atoms with Crippen LogP contribution >= 0.6 is 35.0 Å². The number of hydrogen-bond donors (Lipinski definition) is 2. The molecule has 1 aromatic carbocycles. The molecule has 1 heterocycles. The molecule has 1 saturated carbocycles. The minimum absolute atomic E-state index is 0.0101. The first kappa shape index (κ1) is 24.9. The predicted octanol–water partition coefficient (Wildman–Crippen LogP) is 4.79. The monoisotopic (exact) mass is 497 g/mol. The number of aromatic nitrogens is 3. The number of nitrogens with one attached hydrogen (secondary N) is 2. The average molecular weight is 498 g/mol. The molecule has 0 saturated heterocycles. The fraction of sp³-hybridized carbons (Fsp3) is 0.545. The first-order chi connectivity index (χ1) is 15.2. The van der Waals surface area contributed by atoms with Gasteiger partial charge in [0.1, 0.15) is 0 Å². The van der Waals surface area contributed by atoms with Gasteiger partial charge in [-0.05, 0) is 43.4 Å². The first-order valence-corrected chi connectivity index (χ1v) is 12.6. The van der Waals surface area contributed by atoms with Crippen molar-refractivity contribution in [3.05, 3.63) is 39.6 Å². The van der Waals surface area contributed by atoms with Crippen molar-refractivity contribution in [2.75, 3.05) is 5.75 Å². The van der Waals surface area contributed by atoms with E-state index in [0.717, 1.165) is 12.8 Å². The summed E-state index contributed by atoms with van der Waals surface area (Å²) in [5.41, 5.74) is 0.352. The van der Waals surface area contributed by atoms with Gasteiger partial charge in [0.2, 0.25) is 5.91 Å². The maximum absolute atomic E-state index is 12.9. The zero-order chi connectivity index (χ0) is 23.3. The van der Waals surface area contributed by atoms with Gasteiger partial charge in [0.05, 0.1) is 22.4 Å². The zero-order valence-electron chi connectivity index (χ0n) is 18.5. The van der Waals surface area contributed by atoms with Gasteiger partial charge in [-0.3, -0.25) is 9.59 Å². The topological polar surface area (TPSA) is 88.9 Å². The Morgan fingerprint density at radius 3 is 2.59 bits per heavy atom. The SMILES string of the molecule is CC(C)C[C@H](NC(=O)c1ccc(Cl)cc1Cl)c1nnc(SCC(=O)NC2CCCC2)n1C. The van der Waals surface area contributed by atoms with Gasteiger partial charge in [-0.15, -0.1) is 10.2 Å². The predicted molar refractivity (Wildman–Crippen MR) is 128 cm³/mol. The largest absolute Gasteiger partial charge is 0.353 e. The highest BCUT2D eigenvalue weighted by atomic mass is 35.5. The summed E-state index contributed by atoms with van der Waals surface area (Å²) in [5, 5.41) is 16.1. The van der Waals surface area contributed by atoms with Crippen molar-refractivity contribution in [1.82, 2.24) is 25.4 Å². The van der Waals surface area contributed by atoms with E-state index in [1.54, 1.807) is 18.2 Å². The first-order valence-electron chi connectivity index (χ1n) is 10.8. The Morgan fingerprint density at radius 2 is 1.94 bits per heavy atom. The number of carbonyl (C=O) groups is 2. The molecule has 1 aliphatic carbocycles. The quantitative estimate of drug-likeness (QED) is 0.486. The lowest BCUT2D eigenvalue weighted by Gasteiger charge is -2.20. The minimum Gasteiger partial charge on any atom is -0.353 e. The summed E-state index contributed by atoms with van der Waals surface area (Å²) >= 11 is 13.5. The molecule has 0 unspecified atom stereocenters. The van der Waals surface area contributed by atoms with Crippen LogP contribution in [0.2, 0.25) is 10.0 Å². The highest BCUT2D eigenvalue weighted by Gasteiger charge is 2.25. The molecule has 1 atom stereocenters. The number of carbonyl (C=O) groups excluding carboxylic acids is 2. The molecular weight excluding hydrogens is 469 g/mol. The lowest BCUT2D eigenvalue weighted by Crippen LogP contribution is -2.34. The van der Waals surface area contributed by atoms with Crippen LogP contribution in [0.15, 0.2) is 23.4 Å². The van der Waals surface area contributed by atoms with Crippen molar-refractivity contribution < 1.29 is 9.59 Å². The van der Waals surface area contributed by atoms with Crippen molar-refractivity contribution in [3.8, 4) is 0 Å². The van der Waals surface area contributed by atoms with Crippen molar-refractivity contribution in [2.24, 2.45) is 13.0 Å². The second kappa shape index (κ2) is 11.4. The Labute approximate surface area is 203 Å². The molecule has 1 fully saturated rings. The highest BCUT2D eigenvalue weighted by molar-refractivity contribution is 7.99. The second-order valence-corrected chi connectivity index (χ2v) is 10.3. The molecule has 32 heavy (non-hydrogen) atoms. The summed E-state index contributed by atoms with van der Waals surface area (Å²) in [7, 11) is 1.85. The van der Waals surface area contributed by atoms with Crippen LogP contribution in [0.25, 0.3) is 0 Å². The summed E-state index contributed by atoms with van der Waals surface area (Å²) in [6.45, 7) is 4.15. The van der Waals surface area contributed by atoms with Gasteiger partial charge in [-0.1, -0.05) is 61.7 Å². The molecule has 2 aromatic rings. The minimum atomic E-state index is -0.353. The molecule has 174 valence electrons. The van der Waals surface area contributed by atoms with Crippen LogP contribution in [0.3, 0.4) is 0 Å². The van der Waals surface area contributed by atoms with Gasteiger partial charge in [-0.25, -0.2) is 0 Å². The maximum Gasteiger partial charge on any atom is 0.253 e. The number of amides is 2. The van der Waals surface area contributed by atoms with Crippen LogP contribution in [-0.2, 0) is 11.8 Å². The number of halogens is 2. The molecule has 1 aliphatic rings. The molecule has 10 heteroatoms. The summed E-state index contributed by atoms with van der Waals surface area (Å²) in [6.07, 6.45) is 5.14. The average Bonchev–Trinajstić information content (AvgIpc) is 3.35. The van der Waals surface area contributed by atoms with E-state index >= 15 is 0 Å². The third-order valence-corrected chi connectivity index (χ3v) is 6.99. The number of hydrogen-bond acceptors (Lipinski definition) is 5. The molecule has 0 radical (unpaired) electrons. The van der Waals surface area contributed by atoms with Gasteiger partial charge >= 0.3 is 0 Å². The number of thioether (sulfide) groups is 1. The summed E-state index contributed by atoms with van der Waals surface area (Å²) in [6, 6.07) is 4.72. The lowest BCUT2D eigenvalue weighted by molar-refractivity contribution is -0.119. The molecule has 2 N–H and O–H groups in total. The van der Waals surface area contributed by atoms with E-state index in [9.17, 15) is 9.59 Å². The van der Waals surface area contributed by atoms with E-state index in [0.29, 0.717) is 45.0 Å². The standard InChI is InChI=1S/C22H29Cl2N5O2S/c1-13(2)10-18(26-21(31)16-9-8-14(23)11-17(16)24)20-27-28-22(29(20)3)32-12-19(30)25-15-6-4-5-7-15/h8-9,11,13,15,18H,4-7,10,12H2,1-3H3,(H,25,30)(H,26,31)/t18-/m0/s1. The highest BCUT2D eigenvalue weighted by Crippen LogP contribution is 2.26. The third kappa shape index (κ3) is 6.62. The normalized spacial score (nSPS) is 15.2. The molecule has 0 aliphatic heterocycles. The van der Waals surface area contributed by atoms with Gasteiger partial charge in [0, 0.05) is 18.1 Å². The summed E-state index contributed by atoms with van der Waals surface area (Å²) in [5.74, 6) is 0.937. The van der Waals surface area contributed by atoms with Crippen molar-refractivity contribution in [2.45, 2.75) is 63.2 Å². The smallest absolute Gasteiger partial charge is 0.253 e. The Balaban J connectivity index is 1.68. The summed E-state index contributed by atoms with van der Waals surface area (Å²) < 4.78 is 1.84. The number of nitrogens with zero attached hydrogens (tertiary/aromatic N) is 3.